The first-order valence-electron chi connectivity index (χ1n) is 12.3. The molecule has 2 bridgehead atoms. The zero-order chi connectivity index (χ0) is 27.0. The molecular formula is C27H29F2N7O2. The number of aryl methyl sites for hydroxylation is 1. The first kappa shape index (κ1) is 25.5. The minimum absolute atomic E-state index is 0.00223. The Kier molecular flexibility index (Phi) is 6.94. The fourth-order valence-corrected chi connectivity index (χ4v) is 5.18. The molecule has 6 rings (SSSR count). The number of piperidine rings is 2. The maximum absolute atomic E-state index is 15.1. The van der Waals surface area contributed by atoms with Crippen LogP contribution < -0.4 is 20.3 Å². The molecule has 0 aliphatic carbocycles. The van der Waals surface area contributed by atoms with Crippen LogP contribution in [0.3, 0.4) is 0 Å². The standard InChI is InChI=1S/C27H29F2N7O2/c1-5-30-26(23-19(28)7-6-8-22(23)38-4)32-15(2)27(37)33-21-11-20(29)24-18(14-35(3)34-24)25(21)36-13-16-9-10-17(36)12-31-16/h5-8,11,14,16-17,31H,1,9-10,12-13H2,2-4H3,(H,33,37)/b30-26-,32-15+/t16-,17-/m0/s1. The lowest BCUT2D eigenvalue weighted by Crippen LogP contribution is -2.61. The van der Waals surface area contributed by atoms with Crippen molar-refractivity contribution in [1.29, 1.82) is 0 Å². The molecule has 3 aromatic rings. The molecule has 11 heteroatoms. The Bertz CT molecular complexity index is 1470. The number of hydrogen-bond donors (Lipinski definition) is 2. The third kappa shape index (κ3) is 4.65. The van der Waals surface area contributed by atoms with E-state index in [4.69, 9.17) is 4.74 Å². The summed E-state index contributed by atoms with van der Waals surface area (Å²) in [5.41, 5.74) is 1.29. The van der Waals surface area contributed by atoms with Gasteiger partial charge in [-0.2, -0.15) is 5.10 Å². The van der Waals surface area contributed by atoms with Crippen LogP contribution in [0.4, 0.5) is 20.2 Å². The fourth-order valence-electron chi connectivity index (χ4n) is 5.18. The van der Waals surface area contributed by atoms with Crippen molar-refractivity contribution in [3.8, 4) is 5.75 Å². The van der Waals surface area contributed by atoms with Crippen molar-refractivity contribution in [3.05, 3.63) is 60.4 Å². The van der Waals surface area contributed by atoms with Crippen LogP contribution in [0, 0.1) is 11.6 Å². The summed E-state index contributed by atoms with van der Waals surface area (Å²) in [5.74, 6) is -1.60. The van der Waals surface area contributed by atoms with Crippen molar-refractivity contribution in [2.75, 3.05) is 30.4 Å². The number of fused-ring (bicyclic) bond motifs is 4. The summed E-state index contributed by atoms with van der Waals surface area (Å²) in [6.45, 7) is 6.60. The molecule has 9 nitrogen and oxygen atoms in total. The van der Waals surface area contributed by atoms with Gasteiger partial charge in [0.25, 0.3) is 5.91 Å². The SMILES string of the molecule is C=C/N=C(\N=C(/C)C(=O)Nc1cc(F)c2nn(C)cc2c1N1C[C@@H]2CC[C@H]1CN2)c1c(F)cccc1OC. The second-order valence-electron chi connectivity index (χ2n) is 9.41. The van der Waals surface area contributed by atoms with Crippen LogP contribution in [0.1, 0.15) is 25.3 Å². The lowest BCUT2D eigenvalue weighted by Gasteiger charge is -2.47. The number of carbonyl (C=O) groups is 1. The Morgan fingerprint density at radius 3 is 2.79 bits per heavy atom. The molecule has 3 saturated heterocycles. The zero-order valence-electron chi connectivity index (χ0n) is 21.5. The molecular weight excluding hydrogens is 492 g/mol. The predicted molar refractivity (Wildman–Crippen MR) is 144 cm³/mol. The van der Waals surface area contributed by atoms with Crippen LogP contribution in [0.15, 0.2) is 53.2 Å². The molecule has 4 heterocycles. The van der Waals surface area contributed by atoms with Gasteiger partial charge in [-0.15, -0.1) is 0 Å². The molecule has 2 N–H and O–H groups in total. The molecule has 0 radical (unpaired) electrons. The molecule has 198 valence electrons. The van der Waals surface area contributed by atoms with Crippen LogP contribution in [-0.4, -0.2) is 59.5 Å². The van der Waals surface area contributed by atoms with Gasteiger partial charge >= 0.3 is 0 Å². The van der Waals surface area contributed by atoms with E-state index in [0.717, 1.165) is 31.6 Å². The van der Waals surface area contributed by atoms with Crippen LogP contribution >= 0.6 is 0 Å². The number of halogens is 2. The van der Waals surface area contributed by atoms with E-state index >= 15 is 4.39 Å². The second-order valence-corrected chi connectivity index (χ2v) is 9.41. The molecule has 0 saturated carbocycles. The number of carbonyl (C=O) groups excluding carboxylic acids is 1. The van der Waals surface area contributed by atoms with E-state index < -0.39 is 17.5 Å². The first-order valence-corrected chi connectivity index (χ1v) is 12.3. The lowest BCUT2D eigenvalue weighted by atomic mass is 9.91. The number of amides is 1. The van der Waals surface area contributed by atoms with Gasteiger partial charge < -0.3 is 20.3 Å². The Morgan fingerprint density at radius 1 is 1.32 bits per heavy atom. The van der Waals surface area contributed by atoms with E-state index in [1.807, 2.05) is 0 Å². The van der Waals surface area contributed by atoms with Crippen molar-refractivity contribution in [2.45, 2.75) is 31.8 Å². The number of rotatable bonds is 6. The molecule has 1 amide bonds. The molecule has 1 aromatic heterocycles. The van der Waals surface area contributed by atoms with Gasteiger partial charge in [-0.3, -0.25) is 9.48 Å². The monoisotopic (exact) mass is 521 g/mol. The Labute approximate surface area is 218 Å². The van der Waals surface area contributed by atoms with Gasteiger partial charge in [0.1, 0.15) is 22.8 Å². The van der Waals surface area contributed by atoms with Gasteiger partial charge in [-0.1, -0.05) is 12.6 Å². The minimum atomic E-state index is -0.609. The number of nitrogens with one attached hydrogen (secondary N) is 2. The number of ether oxygens (including phenoxy) is 1. The van der Waals surface area contributed by atoms with Crippen LogP contribution in [0.5, 0.6) is 5.75 Å². The fraction of sp³-hybridized carbons (Fsp3) is 0.333. The number of nitrogens with zero attached hydrogens (tertiary/aromatic N) is 5. The molecule has 2 aromatic carbocycles. The second kappa shape index (κ2) is 10.3. The van der Waals surface area contributed by atoms with E-state index in [-0.39, 0.29) is 34.4 Å². The smallest absolute Gasteiger partial charge is 0.269 e. The lowest BCUT2D eigenvalue weighted by molar-refractivity contribution is -0.110. The Hall–Kier alpha value is -4.12. The summed E-state index contributed by atoms with van der Waals surface area (Å²) in [6.07, 6.45) is 5.03. The number of hydrogen-bond acceptors (Lipinski definition) is 6. The summed E-state index contributed by atoms with van der Waals surface area (Å²) in [7, 11) is 3.14. The molecule has 38 heavy (non-hydrogen) atoms. The third-order valence-corrected chi connectivity index (χ3v) is 6.95. The number of amidine groups is 1. The van der Waals surface area contributed by atoms with E-state index in [1.165, 1.54) is 38.4 Å². The molecule has 0 unspecified atom stereocenters. The van der Waals surface area contributed by atoms with Crippen molar-refractivity contribution in [2.24, 2.45) is 17.0 Å². The summed E-state index contributed by atoms with van der Waals surface area (Å²) < 4.78 is 36.7. The van der Waals surface area contributed by atoms with Gasteiger partial charge in [0, 0.05) is 56.1 Å². The van der Waals surface area contributed by atoms with Crippen molar-refractivity contribution < 1.29 is 18.3 Å². The van der Waals surface area contributed by atoms with Gasteiger partial charge in [-0.25, -0.2) is 18.8 Å². The topological polar surface area (TPSA) is 96.1 Å². The molecule has 3 aliphatic rings. The summed E-state index contributed by atoms with van der Waals surface area (Å²) in [5, 5.41) is 11.3. The number of benzene rings is 2. The Morgan fingerprint density at radius 2 is 2.13 bits per heavy atom. The summed E-state index contributed by atoms with van der Waals surface area (Å²) >= 11 is 0. The normalized spacial score (nSPS) is 19.7. The van der Waals surface area contributed by atoms with E-state index in [9.17, 15) is 9.18 Å². The average molecular weight is 522 g/mol. The van der Waals surface area contributed by atoms with E-state index in [0.29, 0.717) is 17.1 Å². The highest BCUT2D eigenvalue weighted by Gasteiger charge is 2.36. The minimum Gasteiger partial charge on any atom is -0.496 e. The van der Waals surface area contributed by atoms with Crippen molar-refractivity contribution in [1.82, 2.24) is 15.1 Å². The highest BCUT2D eigenvalue weighted by atomic mass is 19.1. The van der Waals surface area contributed by atoms with Crippen LogP contribution in [0.25, 0.3) is 10.9 Å². The summed E-state index contributed by atoms with van der Waals surface area (Å²) in [4.78, 5) is 24.0. The molecule has 3 fully saturated rings. The third-order valence-electron chi connectivity index (χ3n) is 6.95. The quantitative estimate of drug-likeness (QED) is 0.380. The van der Waals surface area contributed by atoms with E-state index in [1.54, 1.807) is 24.0 Å². The van der Waals surface area contributed by atoms with Gasteiger partial charge in [-0.05, 0) is 31.9 Å². The van der Waals surface area contributed by atoms with Gasteiger partial charge in [0.05, 0.1) is 24.0 Å². The highest BCUT2D eigenvalue weighted by molar-refractivity contribution is 6.44. The van der Waals surface area contributed by atoms with Crippen molar-refractivity contribution >= 4 is 39.7 Å². The van der Waals surface area contributed by atoms with Gasteiger partial charge in [0.15, 0.2) is 11.7 Å². The zero-order valence-corrected chi connectivity index (χ0v) is 21.5. The van der Waals surface area contributed by atoms with E-state index in [2.05, 4.69) is 37.2 Å². The maximum Gasteiger partial charge on any atom is 0.269 e. The Balaban J connectivity index is 1.53. The summed E-state index contributed by atoms with van der Waals surface area (Å²) in [6, 6.07) is 6.14. The highest BCUT2D eigenvalue weighted by Crippen LogP contribution is 2.40. The predicted octanol–water partition coefficient (Wildman–Crippen LogP) is 3.79. The molecule has 0 spiro atoms. The number of piperazine rings is 1. The maximum atomic E-state index is 15.1. The number of aromatic nitrogens is 2. The largest absolute Gasteiger partial charge is 0.496 e. The van der Waals surface area contributed by atoms with Crippen LogP contribution in [-0.2, 0) is 11.8 Å². The number of aliphatic imine (C=N–C) groups is 2. The molecule has 3 aliphatic heterocycles. The number of anilines is 2. The van der Waals surface area contributed by atoms with Gasteiger partial charge in [0.2, 0.25) is 0 Å². The first-order chi connectivity index (χ1) is 18.3. The van der Waals surface area contributed by atoms with Crippen molar-refractivity contribution in [3.63, 3.8) is 0 Å². The molecule has 2 atom stereocenters. The number of methoxy groups -OCH3 is 1. The van der Waals surface area contributed by atoms with Crippen LogP contribution in [0.2, 0.25) is 0 Å². The average Bonchev–Trinajstić information content (AvgIpc) is 3.30.